The van der Waals surface area contributed by atoms with E-state index in [0.29, 0.717) is 19.0 Å². The van der Waals surface area contributed by atoms with E-state index in [2.05, 4.69) is 5.32 Å². The second-order valence-electron chi connectivity index (χ2n) is 4.64. The maximum Gasteiger partial charge on any atom is 0.239 e. The molecule has 5 nitrogen and oxygen atoms in total. The number of nitrogens with one attached hydrogen (secondary N) is 1. The quantitative estimate of drug-likeness (QED) is 0.654. The van der Waals surface area contributed by atoms with E-state index < -0.39 is 0 Å². The lowest BCUT2D eigenvalue weighted by atomic mass is 10.1. The fourth-order valence-corrected chi connectivity index (χ4v) is 1.34. The van der Waals surface area contributed by atoms with Crippen LogP contribution in [0.4, 0.5) is 0 Å². The highest BCUT2D eigenvalue weighted by atomic mass is 16.2. The van der Waals surface area contributed by atoms with Gasteiger partial charge in [0.2, 0.25) is 11.8 Å². The molecule has 92 valence electrons. The Labute approximate surface area is 96.4 Å². The van der Waals surface area contributed by atoms with E-state index in [1.807, 2.05) is 6.92 Å². The zero-order valence-corrected chi connectivity index (χ0v) is 10.0. The number of nitrogens with two attached hydrogens (primary N) is 1. The first kappa shape index (κ1) is 13.0. The minimum atomic E-state index is -0.0706. The number of hydrogen-bond donors (Lipinski definition) is 2. The van der Waals surface area contributed by atoms with E-state index in [4.69, 9.17) is 5.73 Å². The summed E-state index contributed by atoms with van der Waals surface area (Å²) in [6, 6.07) is 0.346. The van der Waals surface area contributed by atoms with Gasteiger partial charge in [-0.2, -0.15) is 0 Å². The highest BCUT2D eigenvalue weighted by Gasteiger charge is 2.24. The number of carbonyl (C=O) groups is 2. The Morgan fingerprint density at radius 1 is 1.50 bits per heavy atom. The largest absolute Gasteiger partial charge is 0.352 e. The maximum atomic E-state index is 11.6. The molecule has 1 saturated carbocycles. The van der Waals surface area contributed by atoms with Crippen LogP contribution in [0.15, 0.2) is 0 Å². The van der Waals surface area contributed by atoms with E-state index in [1.165, 1.54) is 4.90 Å². The molecule has 1 unspecified atom stereocenters. The lowest BCUT2D eigenvalue weighted by molar-refractivity contribution is -0.135. The van der Waals surface area contributed by atoms with Gasteiger partial charge in [-0.3, -0.25) is 9.59 Å². The lowest BCUT2D eigenvalue weighted by Crippen LogP contribution is -2.39. The van der Waals surface area contributed by atoms with Crippen molar-refractivity contribution < 1.29 is 9.59 Å². The Bertz CT molecular complexity index is 264. The van der Waals surface area contributed by atoms with Gasteiger partial charge in [-0.05, 0) is 25.3 Å². The van der Waals surface area contributed by atoms with Crippen molar-refractivity contribution in [1.29, 1.82) is 0 Å². The molecule has 1 fully saturated rings. The summed E-state index contributed by atoms with van der Waals surface area (Å²) in [6.07, 6.45) is 2.53. The maximum absolute atomic E-state index is 11.6. The fraction of sp³-hybridized carbons (Fsp3) is 0.818. The molecule has 1 rings (SSSR count). The van der Waals surface area contributed by atoms with Gasteiger partial charge in [-0.15, -0.1) is 0 Å². The Morgan fingerprint density at radius 3 is 2.62 bits per heavy atom. The van der Waals surface area contributed by atoms with Crippen molar-refractivity contribution in [2.24, 2.45) is 11.7 Å². The smallest absolute Gasteiger partial charge is 0.239 e. The van der Waals surface area contributed by atoms with Crippen LogP contribution in [0.5, 0.6) is 0 Å². The van der Waals surface area contributed by atoms with Crippen molar-refractivity contribution in [3.05, 3.63) is 0 Å². The van der Waals surface area contributed by atoms with Crippen LogP contribution in [-0.4, -0.2) is 42.9 Å². The van der Waals surface area contributed by atoms with Crippen LogP contribution < -0.4 is 11.1 Å². The van der Waals surface area contributed by atoms with Crippen LogP contribution in [0.2, 0.25) is 0 Å². The fourth-order valence-electron chi connectivity index (χ4n) is 1.34. The summed E-state index contributed by atoms with van der Waals surface area (Å²) in [5.74, 6) is 0.0732. The molecule has 1 aliphatic carbocycles. The molecule has 0 spiro atoms. The zero-order valence-electron chi connectivity index (χ0n) is 10.0. The molecule has 0 saturated heterocycles. The van der Waals surface area contributed by atoms with Gasteiger partial charge in [0.05, 0.1) is 6.54 Å². The molecule has 1 aliphatic rings. The van der Waals surface area contributed by atoms with Crippen LogP contribution >= 0.6 is 0 Å². The van der Waals surface area contributed by atoms with Gasteiger partial charge in [0, 0.05) is 19.5 Å². The Morgan fingerprint density at radius 2 is 2.12 bits per heavy atom. The van der Waals surface area contributed by atoms with Gasteiger partial charge in [-0.1, -0.05) is 6.92 Å². The van der Waals surface area contributed by atoms with Crippen molar-refractivity contribution in [3.63, 3.8) is 0 Å². The summed E-state index contributed by atoms with van der Waals surface area (Å²) in [5, 5.41) is 2.85. The molecule has 3 N–H and O–H groups in total. The minimum absolute atomic E-state index is 0.0242. The molecule has 0 heterocycles. The lowest BCUT2D eigenvalue weighted by Gasteiger charge is -2.18. The molecule has 0 aliphatic heterocycles. The highest BCUT2D eigenvalue weighted by Crippen LogP contribution is 2.18. The van der Waals surface area contributed by atoms with Crippen LogP contribution in [-0.2, 0) is 9.59 Å². The van der Waals surface area contributed by atoms with Crippen molar-refractivity contribution in [3.8, 4) is 0 Å². The topological polar surface area (TPSA) is 75.4 Å². The highest BCUT2D eigenvalue weighted by molar-refractivity contribution is 5.84. The van der Waals surface area contributed by atoms with Crippen molar-refractivity contribution >= 4 is 11.8 Å². The molecule has 16 heavy (non-hydrogen) atoms. The minimum Gasteiger partial charge on any atom is -0.352 e. The van der Waals surface area contributed by atoms with E-state index in [-0.39, 0.29) is 24.3 Å². The van der Waals surface area contributed by atoms with Gasteiger partial charge in [0.25, 0.3) is 0 Å². The third-order valence-electron chi connectivity index (χ3n) is 2.67. The number of nitrogens with zero attached hydrogens (tertiary/aromatic N) is 1. The molecule has 2 amide bonds. The van der Waals surface area contributed by atoms with Gasteiger partial charge in [0.1, 0.15) is 0 Å². The number of rotatable bonds is 6. The summed E-state index contributed by atoms with van der Waals surface area (Å²) in [5.41, 5.74) is 5.45. The summed E-state index contributed by atoms with van der Waals surface area (Å²) < 4.78 is 0. The summed E-state index contributed by atoms with van der Waals surface area (Å²) in [7, 11) is 1.65. The first-order valence-electron chi connectivity index (χ1n) is 5.76. The molecule has 1 atom stereocenters. The Hall–Kier alpha value is -1.10. The van der Waals surface area contributed by atoms with E-state index in [9.17, 15) is 9.59 Å². The average molecular weight is 227 g/mol. The molecule has 5 heteroatoms. The number of hydrogen-bond acceptors (Lipinski definition) is 3. The van der Waals surface area contributed by atoms with E-state index in [0.717, 1.165) is 12.8 Å². The molecule has 0 bridgehead atoms. The standard InChI is InChI=1S/C11H21N3O2/c1-8(6-12)5-11(16)14(2)7-10(15)13-9-3-4-9/h8-9H,3-7,12H2,1-2H3,(H,13,15). The molecule has 0 aromatic rings. The Balaban J connectivity index is 2.23. The van der Waals surface area contributed by atoms with Crippen LogP contribution in [0.25, 0.3) is 0 Å². The number of carbonyl (C=O) groups excluding carboxylic acids is 2. The normalized spacial score (nSPS) is 16.7. The van der Waals surface area contributed by atoms with Crippen molar-refractivity contribution in [2.75, 3.05) is 20.1 Å². The number of likely N-dealkylation sites (N-methyl/N-ethyl adjacent to an activating group) is 1. The zero-order chi connectivity index (χ0) is 12.1. The second-order valence-corrected chi connectivity index (χ2v) is 4.64. The first-order valence-corrected chi connectivity index (χ1v) is 5.76. The van der Waals surface area contributed by atoms with Gasteiger partial charge in [-0.25, -0.2) is 0 Å². The van der Waals surface area contributed by atoms with E-state index in [1.54, 1.807) is 7.05 Å². The predicted octanol–water partition coefficient (Wildman–Crippen LogP) is -0.292. The van der Waals surface area contributed by atoms with E-state index >= 15 is 0 Å². The monoisotopic (exact) mass is 227 g/mol. The third-order valence-corrected chi connectivity index (χ3v) is 2.67. The van der Waals surface area contributed by atoms with Gasteiger partial charge in [0.15, 0.2) is 0 Å². The summed E-state index contributed by atoms with van der Waals surface area (Å²) >= 11 is 0. The SMILES string of the molecule is CC(CN)CC(=O)N(C)CC(=O)NC1CC1. The number of amides is 2. The average Bonchev–Trinajstić information content (AvgIpc) is 3.00. The first-order chi connectivity index (χ1) is 7.52. The molecule has 0 radical (unpaired) electrons. The third kappa shape index (κ3) is 4.61. The predicted molar refractivity (Wildman–Crippen MR) is 61.6 cm³/mol. The molecular weight excluding hydrogens is 206 g/mol. The van der Waals surface area contributed by atoms with Gasteiger partial charge < -0.3 is 16.0 Å². The molecule has 0 aromatic carbocycles. The summed E-state index contributed by atoms with van der Waals surface area (Å²) in [4.78, 5) is 24.5. The second kappa shape index (κ2) is 5.84. The van der Waals surface area contributed by atoms with Crippen LogP contribution in [0.3, 0.4) is 0 Å². The Kier molecular flexibility index (Phi) is 4.73. The summed E-state index contributed by atoms with van der Waals surface area (Å²) in [6.45, 7) is 2.57. The molecular formula is C11H21N3O2. The van der Waals surface area contributed by atoms with Gasteiger partial charge >= 0.3 is 0 Å². The molecule has 0 aromatic heterocycles. The van der Waals surface area contributed by atoms with Crippen molar-refractivity contribution in [1.82, 2.24) is 10.2 Å². The van der Waals surface area contributed by atoms with Crippen molar-refractivity contribution in [2.45, 2.75) is 32.2 Å². The van der Waals surface area contributed by atoms with Crippen LogP contribution in [0, 0.1) is 5.92 Å². The van der Waals surface area contributed by atoms with Crippen LogP contribution in [0.1, 0.15) is 26.2 Å².